The van der Waals surface area contributed by atoms with Gasteiger partial charge in [-0.3, -0.25) is 0 Å². The summed E-state index contributed by atoms with van der Waals surface area (Å²) in [6.45, 7) is 5.33. The van der Waals surface area contributed by atoms with Crippen LogP contribution in [0.1, 0.15) is 26.7 Å². The molecule has 0 radical (unpaired) electrons. The van der Waals surface area contributed by atoms with Crippen molar-refractivity contribution < 1.29 is 13.2 Å². The number of hydrogen-bond donors (Lipinski definition) is 1. The lowest BCUT2D eigenvalue weighted by Crippen LogP contribution is -2.10. The van der Waals surface area contributed by atoms with Crippen LogP contribution in [0.4, 0.5) is 5.95 Å². The van der Waals surface area contributed by atoms with Crippen molar-refractivity contribution in [2.45, 2.75) is 31.8 Å². The van der Waals surface area contributed by atoms with Crippen molar-refractivity contribution >= 4 is 27.5 Å². The maximum absolute atomic E-state index is 11.1. The van der Waals surface area contributed by atoms with Gasteiger partial charge in [0, 0.05) is 18.6 Å². The van der Waals surface area contributed by atoms with Crippen molar-refractivity contribution in [3.8, 4) is 6.01 Å². The fraction of sp³-hybridized carbons (Fsp3) is 0.750. The Kier molecular flexibility index (Phi) is 7.73. The summed E-state index contributed by atoms with van der Waals surface area (Å²) in [7, 11) is -2.98. The molecule has 120 valence electrons. The summed E-state index contributed by atoms with van der Waals surface area (Å²) in [5, 5.41) is 3.56. The molecule has 0 amide bonds. The van der Waals surface area contributed by atoms with Crippen molar-refractivity contribution in [3.63, 3.8) is 0 Å². The first kappa shape index (κ1) is 18.0. The van der Waals surface area contributed by atoms with Gasteiger partial charge in [-0.2, -0.15) is 15.0 Å². The van der Waals surface area contributed by atoms with E-state index in [0.717, 1.165) is 19.4 Å². The highest BCUT2D eigenvalue weighted by molar-refractivity contribution is 8.00. The molecule has 0 aliphatic rings. The third-order valence-electron chi connectivity index (χ3n) is 2.25. The highest BCUT2D eigenvalue weighted by Crippen LogP contribution is 2.18. The van der Waals surface area contributed by atoms with Gasteiger partial charge in [-0.15, -0.1) is 0 Å². The molecule has 1 rings (SSSR count). The van der Waals surface area contributed by atoms with Gasteiger partial charge in [0.2, 0.25) is 5.95 Å². The van der Waals surface area contributed by atoms with Crippen LogP contribution in [-0.4, -0.2) is 54.3 Å². The van der Waals surface area contributed by atoms with Crippen LogP contribution in [0, 0.1) is 0 Å². The summed E-state index contributed by atoms with van der Waals surface area (Å²) in [5.74, 6) is 0.954. The quantitative estimate of drug-likeness (QED) is 0.645. The van der Waals surface area contributed by atoms with E-state index in [4.69, 9.17) is 4.74 Å². The summed E-state index contributed by atoms with van der Waals surface area (Å²) in [5.41, 5.74) is 0. The predicted octanol–water partition coefficient (Wildman–Crippen LogP) is 1.62. The Balaban J connectivity index is 2.74. The standard InChI is InChI=1S/C12H22N4O3S2/c1-4-6-13-10-14-11(19-7-5-2)16-12(15-10)20-8-9-21(3,17)18/h4-9H2,1-3H3,(H,13,14,15,16). The first-order chi connectivity index (χ1) is 9.94. The van der Waals surface area contributed by atoms with Crippen molar-refractivity contribution in [1.29, 1.82) is 0 Å². The van der Waals surface area contributed by atoms with Crippen molar-refractivity contribution in [3.05, 3.63) is 0 Å². The fourth-order valence-corrected chi connectivity index (χ4v) is 3.28. The van der Waals surface area contributed by atoms with Crippen molar-refractivity contribution in [2.24, 2.45) is 0 Å². The minimum absolute atomic E-state index is 0.0895. The third kappa shape index (κ3) is 8.05. The molecule has 0 atom stereocenters. The number of nitrogens with zero attached hydrogens (tertiary/aromatic N) is 3. The van der Waals surface area contributed by atoms with Crippen LogP contribution < -0.4 is 10.1 Å². The molecular formula is C12H22N4O3S2. The van der Waals surface area contributed by atoms with Gasteiger partial charge in [-0.25, -0.2) is 8.42 Å². The van der Waals surface area contributed by atoms with Crippen molar-refractivity contribution in [2.75, 3.05) is 36.2 Å². The molecule has 0 bridgehead atoms. The summed E-state index contributed by atoms with van der Waals surface area (Å²) >= 11 is 1.28. The second-order valence-electron chi connectivity index (χ2n) is 4.48. The molecule has 1 N–H and O–H groups in total. The number of ether oxygens (including phenoxy) is 1. The molecule has 0 fully saturated rings. The van der Waals surface area contributed by atoms with Gasteiger partial charge in [0.1, 0.15) is 9.84 Å². The summed E-state index contributed by atoms with van der Waals surface area (Å²) < 4.78 is 27.7. The largest absolute Gasteiger partial charge is 0.463 e. The van der Waals surface area contributed by atoms with E-state index in [1.165, 1.54) is 18.0 Å². The van der Waals surface area contributed by atoms with Crippen LogP contribution in [0.25, 0.3) is 0 Å². The molecule has 0 aliphatic heterocycles. The Hall–Kier alpha value is -1.09. The monoisotopic (exact) mass is 334 g/mol. The molecule has 0 unspecified atom stereocenters. The van der Waals surface area contributed by atoms with E-state index in [9.17, 15) is 8.42 Å². The summed E-state index contributed by atoms with van der Waals surface area (Å²) in [4.78, 5) is 12.6. The van der Waals surface area contributed by atoms with Gasteiger partial charge < -0.3 is 10.1 Å². The topological polar surface area (TPSA) is 94.1 Å². The highest BCUT2D eigenvalue weighted by atomic mass is 32.2. The maximum Gasteiger partial charge on any atom is 0.322 e. The lowest BCUT2D eigenvalue weighted by Gasteiger charge is -2.08. The Bertz CT molecular complexity index is 511. The molecule has 0 aliphatic carbocycles. The number of aromatic nitrogens is 3. The van der Waals surface area contributed by atoms with Gasteiger partial charge in [-0.1, -0.05) is 25.6 Å². The second-order valence-corrected chi connectivity index (χ2v) is 7.80. The second kappa shape index (κ2) is 9.04. The minimum atomic E-state index is -2.98. The van der Waals surface area contributed by atoms with E-state index in [1.807, 2.05) is 13.8 Å². The molecule has 0 saturated carbocycles. The van der Waals surface area contributed by atoms with E-state index in [2.05, 4.69) is 20.3 Å². The molecular weight excluding hydrogens is 312 g/mol. The molecule has 9 heteroatoms. The molecule has 1 aromatic heterocycles. The third-order valence-corrected chi connectivity index (χ3v) is 4.30. The molecule has 0 spiro atoms. The van der Waals surface area contributed by atoms with Gasteiger partial charge in [-0.05, 0) is 12.8 Å². The van der Waals surface area contributed by atoms with Crippen LogP contribution in [0.3, 0.4) is 0 Å². The minimum Gasteiger partial charge on any atom is -0.463 e. The Labute approximate surface area is 130 Å². The molecule has 1 heterocycles. The average molecular weight is 334 g/mol. The van der Waals surface area contributed by atoms with Crippen LogP contribution >= 0.6 is 11.8 Å². The number of hydrogen-bond acceptors (Lipinski definition) is 8. The van der Waals surface area contributed by atoms with Crippen LogP contribution in [0.5, 0.6) is 6.01 Å². The highest BCUT2D eigenvalue weighted by Gasteiger charge is 2.09. The Morgan fingerprint density at radius 1 is 1.19 bits per heavy atom. The van der Waals surface area contributed by atoms with Crippen LogP contribution in [-0.2, 0) is 9.84 Å². The van der Waals surface area contributed by atoms with Gasteiger partial charge >= 0.3 is 6.01 Å². The SMILES string of the molecule is CCCNc1nc(OCCC)nc(SCCS(C)(=O)=O)n1. The van der Waals surface area contributed by atoms with Gasteiger partial charge in [0.05, 0.1) is 12.4 Å². The van der Waals surface area contributed by atoms with Crippen molar-refractivity contribution in [1.82, 2.24) is 15.0 Å². The zero-order valence-electron chi connectivity index (χ0n) is 12.6. The maximum atomic E-state index is 11.1. The zero-order chi connectivity index (χ0) is 15.7. The predicted molar refractivity (Wildman–Crippen MR) is 84.8 cm³/mol. The molecule has 7 nitrogen and oxygen atoms in total. The lowest BCUT2D eigenvalue weighted by molar-refractivity contribution is 0.288. The number of nitrogens with one attached hydrogen (secondary N) is 1. The number of anilines is 1. The van der Waals surface area contributed by atoms with Gasteiger partial charge in [0.15, 0.2) is 5.16 Å². The average Bonchev–Trinajstić information content (AvgIpc) is 2.41. The fourth-order valence-electron chi connectivity index (χ4n) is 1.26. The molecule has 0 aromatic carbocycles. The van der Waals surface area contributed by atoms with Crippen LogP contribution in [0.15, 0.2) is 5.16 Å². The normalized spacial score (nSPS) is 11.4. The number of sulfone groups is 1. The first-order valence-corrected chi connectivity index (χ1v) is 9.92. The Morgan fingerprint density at radius 2 is 1.95 bits per heavy atom. The number of rotatable bonds is 10. The summed E-state index contributed by atoms with van der Waals surface area (Å²) in [6, 6.07) is 0.271. The Morgan fingerprint density at radius 3 is 2.57 bits per heavy atom. The van der Waals surface area contributed by atoms with E-state index < -0.39 is 9.84 Å². The first-order valence-electron chi connectivity index (χ1n) is 6.88. The summed E-state index contributed by atoms with van der Waals surface area (Å²) in [6.07, 6.45) is 3.03. The zero-order valence-corrected chi connectivity index (χ0v) is 14.3. The molecule has 21 heavy (non-hydrogen) atoms. The van der Waals surface area contributed by atoms with E-state index >= 15 is 0 Å². The lowest BCUT2D eigenvalue weighted by atomic mass is 10.5. The van der Waals surface area contributed by atoms with E-state index in [1.54, 1.807) is 0 Å². The van der Waals surface area contributed by atoms with Gasteiger partial charge in [0.25, 0.3) is 0 Å². The smallest absolute Gasteiger partial charge is 0.322 e. The van der Waals surface area contributed by atoms with Crippen LogP contribution in [0.2, 0.25) is 0 Å². The number of thioether (sulfide) groups is 1. The van der Waals surface area contributed by atoms with E-state index in [-0.39, 0.29) is 11.8 Å². The molecule has 1 aromatic rings. The van der Waals surface area contributed by atoms with E-state index in [0.29, 0.717) is 23.5 Å². The molecule has 0 saturated heterocycles.